The van der Waals surface area contributed by atoms with Gasteiger partial charge in [0.05, 0.1) is 6.54 Å². The van der Waals surface area contributed by atoms with Crippen molar-refractivity contribution >= 4 is 35.1 Å². The molecule has 1 aliphatic rings. The maximum atomic E-state index is 13.1. The monoisotopic (exact) mass is 486 g/mol. The van der Waals surface area contributed by atoms with Crippen molar-refractivity contribution < 1.29 is 24.0 Å². The molecule has 10 heteroatoms. The maximum absolute atomic E-state index is 13.1. The number of carbonyl (C=O) groups is 3. The van der Waals surface area contributed by atoms with E-state index in [0.29, 0.717) is 18.5 Å². The quantitative estimate of drug-likeness (QED) is 0.279. The zero-order valence-electron chi connectivity index (χ0n) is 19.7. The Labute approximate surface area is 202 Å². The maximum Gasteiger partial charge on any atom is 0.410 e. The molecule has 1 aromatic heterocycles. The molecule has 1 saturated heterocycles. The minimum Gasteiger partial charge on any atom is -0.444 e. The largest absolute Gasteiger partial charge is 0.444 e. The Morgan fingerprint density at radius 3 is 2.59 bits per heavy atom. The Bertz CT molecular complexity index is 1060. The highest BCUT2D eigenvalue weighted by atomic mass is 32.1. The number of benzene rings is 1. The van der Waals surface area contributed by atoms with Crippen molar-refractivity contribution in [3.8, 4) is 0 Å². The van der Waals surface area contributed by atoms with Gasteiger partial charge in [-0.15, -0.1) is 11.3 Å². The molecule has 0 bridgehead atoms. The smallest absolute Gasteiger partial charge is 0.410 e. The van der Waals surface area contributed by atoms with Crippen LogP contribution in [-0.2, 0) is 25.7 Å². The first-order chi connectivity index (χ1) is 16.0. The van der Waals surface area contributed by atoms with Gasteiger partial charge in [-0.3, -0.25) is 9.69 Å². The number of nitrogens with two attached hydrogens (primary N) is 1. The Hall–Kier alpha value is -3.40. The minimum absolute atomic E-state index is 0.0371. The van der Waals surface area contributed by atoms with E-state index in [4.69, 9.17) is 10.5 Å². The van der Waals surface area contributed by atoms with Crippen LogP contribution in [0.5, 0.6) is 0 Å². The molecule has 1 fully saturated rings. The van der Waals surface area contributed by atoms with Crippen molar-refractivity contribution in [1.82, 2.24) is 10.2 Å². The summed E-state index contributed by atoms with van der Waals surface area (Å²) in [6.45, 7) is 7.31. The number of ether oxygens (including phenoxy) is 1. The molecule has 0 unspecified atom stereocenters. The lowest BCUT2D eigenvalue weighted by Gasteiger charge is -2.28. The van der Waals surface area contributed by atoms with Gasteiger partial charge >= 0.3 is 12.1 Å². The molecule has 182 valence electrons. The van der Waals surface area contributed by atoms with Crippen LogP contribution in [-0.4, -0.2) is 46.9 Å². The zero-order chi connectivity index (χ0) is 24.9. The molecule has 0 aliphatic carbocycles. The summed E-state index contributed by atoms with van der Waals surface area (Å²) in [6, 6.07) is 11.0. The first kappa shape index (κ1) is 25.2. The Morgan fingerprint density at radius 2 is 1.94 bits per heavy atom. The summed E-state index contributed by atoms with van der Waals surface area (Å²) in [5.41, 5.74) is 6.83. The van der Waals surface area contributed by atoms with E-state index >= 15 is 0 Å². The number of amidine groups is 1. The number of nitrogens with one attached hydrogen (secondary N) is 1. The van der Waals surface area contributed by atoms with Crippen LogP contribution in [0.2, 0.25) is 0 Å². The van der Waals surface area contributed by atoms with Gasteiger partial charge in [0.2, 0.25) is 5.91 Å². The molecule has 0 radical (unpaired) electrons. The van der Waals surface area contributed by atoms with E-state index in [1.165, 1.54) is 23.2 Å². The van der Waals surface area contributed by atoms with Crippen LogP contribution in [0.1, 0.15) is 56.0 Å². The molecule has 3 N–H and O–H groups in total. The van der Waals surface area contributed by atoms with E-state index in [9.17, 15) is 14.4 Å². The lowest BCUT2D eigenvalue weighted by Crippen LogP contribution is -2.47. The van der Waals surface area contributed by atoms with Crippen LogP contribution in [0.4, 0.5) is 4.79 Å². The fraction of sp³-hybridized carbons (Fsp3) is 0.417. The second-order valence-electron chi connectivity index (χ2n) is 9.07. The molecule has 2 aromatic rings. The number of thiophene rings is 1. The van der Waals surface area contributed by atoms with Crippen molar-refractivity contribution in [2.75, 3.05) is 6.54 Å². The molecule has 34 heavy (non-hydrogen) atoms. The van der Waals surface area contributed by atoms with Crippen LogP contribution in [0.25, 0.3) is 0 Å². The van der Waals surface area contributed by atoms with Gasteiger partial charge in [0.25, 0.3) is 0 Å². The summed E-state index contributed by atoms with van der Waals surface area (Å²) < 4.78 is 5.56. The highest BCUT2D eigenvalue weighted by Gasteiger charge is 2.41. The molecule has 2 amide bonds. The van der Waals surface area contributed by atoms with Gasteiger partial charge in [-0.1, -0.05) is 35.5 Å². The number of oxime groups is 1. The van der Waals surface area contributed by atoms with Crippen molar-refractivity contribution in [3.05, 3.63) is 57.8 Å². The van der Waals surface area contributed by atoms with E-state index in [0.717, 1.165) is 10.4 Å². The number of hydrogen-bond donors (Lipinski definition) is 2. The number of amides is 2. The number of hydrogen-bond acceptors (Lipinski definition) is 7. The lowest BCUT2D eigenvalue weighted by atomic mass is 9.96. The molecule has 3 rings (SSSR count). The fourth-order valence-corrected chi connectivity index (χ4v) is 4.46. The second kappa shape index (κ2) is 10.7. The SMILES string of the molecule is CC(=O)O/N=C(/N)c1csc(CNC(=O)[C@@H]2C[C@H](c3ccccc3)CN2C(=O)OC(C)(C)C)c1. The normalized spacial score (nSPS) is 18.5. The summed E-state index contributed by atoms with van der Waals surface area (Å²) in [5.74, 6) is -0.705. The van der Waals surface area contributed by atoms with Gasteiger partial charge in [-0.2, -0.15) is 0 Å². The summed E-state index contributed by atoms with van der Waals surface area (Å²) in [7, 11) is 0. The highest BCUT2D eigenvalue weighted by molar-refractivity contribution is 7.10. The number of likely N-dealkylation sites (tertiary alicyclic amines) is 1. The summed E-state index contributed by atoms with van der Waals surface area (Å²) >= 11 is 1.39. The van der Waals surface area contributed by atoms with Gasteiger partial charge in [-0.25, -0.2) is 9.59 Å². The molecular weight excluding hydrogens is 456 g/mol. The first-order valence-corrected chi connectivity index (χ1v) is 11.8. The van der Waals surface area contributed by atoms with Crippen molar-refractivity contribution in [1.29, 1.82) is 0 Å². The number of nitrogens with zero attached hydrogens (tertiary/aromatic N) is 2. The molecular formula is C24H30N4O5S. The van der Waals surface area contributed by atoms with Gasteiger partial charge < -0.3 is 20.6 Å². The zero-order valence-corrected chi connectivity index (χ0v) is 20.6. The Morgan fingerprint density at radius 1 is 1.24 bits per heavy atom. The van der Waals surface area contributed by atoms with Gasteiger partial charge in [0.15, 0.2) is 5.84 Å². The predicted octanol–water partition coefficient (Wildman–Crippen LogP) is 3.34. The molecule has 1 aliphatic heterocycles. The Balaban J connectivity index is 1.69. The molecule has 1 aromatic carbocycles. The van der Waals surface area contributed by atoms with Crippen LogP contribution in [0.3, 0.4) is 0 Å². The predicted molar refractivity (Wildman–Crippen MR) is 129 cm³/mol. The first-order valence-electron chi connectivity index (χ1n) is 10.9. The van der Waals surface area contributed by atoms with Gasteiger partial charge in [0.1, 0.15) is 11.6 Å². The van der Waals surface area contributed by atoms with Crippen molar-refractivity contribution in [3.63, 3.8) is 0 Å². The fourth-order valence-electron chi connectivity index (χ4n) is 3.64. The number of rotatable bonds is 6. The molecule has 0 saturated carbocycles. The third-order valence-corrected chi connectivity index (χ3v) is 6.10. The third kappa shape index (κ3) is 6.80. The van der Waals surface area contributed by atoms with Crippen LogP contribution in [0.15, 0.2) is 46.9 Å². The van der Waals surface area contributed by atoms with Gasteiger partial charge in [0, 0.05) is 35.2 Å². The second-order valence-corrected chi connectivity index (χ2v) is 10.1. The van der Waals surface area contributed by atoms with Crippen LogP contribution in [0, 0.1) is 0 Å². The van der Waals surface area contributed by atoms with E-state index in [-0.39, 0.29) is 24.2 Å². The highest BCUT2D eigenvalue weighted by Crippen LogP contribution is 2.33. The molecule has 9 nitrogen and oxygen atoms in total. The van der Waals surface area contributed by atoms with Crippen LogP contribution < -0.4 is 11.1 Å². The average molecular weight is 487 g/mol. The van der Waals surface area contributed by atoms with Gasteiger partial charge in [-0.05, 0) is 38.8 Å². The van der Waals surface area contributed by atoms with E-state index in [2.05, 4.69) is 15.3 Å². The third-order valence-electron chi connectivity index (χ3n) is 5.16. The van der Waals surface area contributed by atoms with Crippen LogP contribution >= 0.6 is 11.3 Å². The summed E-state index contributed by atoms with van der Waals surface area (Å²) in [4.78, 5) is 43.8. The van der Waals surface area contributed by atoms with Crippen molar-refractivity contribution in [2.45, 2.75) is 58.2 Å². The molecule has 2 heterocycles. The number of carbonyl (C=O) groups excluding carboxylic acids is 3. The average Bonchev–Trinajstić information content (AvgIpc) is 3.43. The van der Waals surface area contributed by atoms with E-state index < -0.39 is 23.7 Å². The molecule has 0 spiro atoms. The van der Waals surface area contributed by atoms with Crippen molar-refractivity contribution in [2.24, 2.45) is 10.9 Å². The summed E-state index contributed by atoms with van der Waals surface area (Å²) in [5, 5.41) is 8.25. The standard InChI is InChI=1S/C24H30N4O5S/c1-15(29)33-27-21(25)18-10-19(34-14-18)12-26-22(30)20-11-17(16-8-6-5-7-9-16)13-28(20)23(31)32-24(2,3)4/h5-10,14,17,20H,11-13H2,1-4H3,(H2,25,27)(H,26,30)/t17-,20-/m0/s1. The molecule has 2 atom stereocenters. The lowest BCUT2D eigenvalue weighted by molar-refractivity contribution is -0.141. The Kier molecular flexibility index (Phi) is 7.93. The minimum atomic E-state index is -0.663. The van der Waals surface area contributed by atoms with E-state index in [1.807, 2.05) is 30.3 Å². The summed E-state index contributed by atoms with van der Waals surface area (Å²) in [6.07, 6.45) is 0.00574. The van der Waals surface area contributed by atoms with E-state index in [1.54, 1.807) is 32.2 Å². The topological polar surface area (TPSA) is 123 Å².